The Kier molecular flexibility index (Phi) is 10.1. The Morgan fingerprint density at radius 2 is 1.62 bits per heavy atom. The van der Waals surface area contributed by atoms with Gasteiger partial charge in [-0.2, -0.15) is 0 Å². The van der Waals surface area contributed by atoms with Crippen molar-refractivity contribution < 1.29 is 9.90 Å². The Labute approximate surface area is 87.8 Å². The number of hydrogen-bond acceptors (Lipinski definition) is 1. The van der Waals surface area contributed by atoms with Crippen LogP contribution in [0, 0.1) is 6.92 Å². The molecule has 0 saturated carbocycles. The molecule has 0 spiro atoms. The van der Waals surface area contributed by atoms with Crippen molar-refractivity contribution in [2.75, 3.05) is 0 Å². The summed E-state index contributed by atoms with van der Waals surface area (Å²) < 4.78 is -0.544. The number of carbonyl (C=O) groups is 1. The van der Waals surface area contributed by atoms with Gasteiger partial charge in [-0.25, -0.2) is 0 Å². The first-order chi connectivity index (χ1) is 6.27. The van der Waals surface area contributed by atoms with Gasteiger partial charge < -0.3 is 0 Å². The maximum atomic E-state index is 10.2. The van der Waals surface area contributed by atoms with Gasteiger partial charge in [-0.3, -0.25) is 0 Å². The molecule has 0 aromatic heterocycles. The average Bonchev–Trinajstić information content (AvgIpc) is 2.09. The summed E-state index contributed by atoms with van der Waals surface area (Å²) in [5.41, 5.74) is 0. The van der Waals surface area contributed by atoms with Crippen molar-refractivity contribution in [1.82, 2.24) is 0 Å². The number of hydrogen-bond donors (Lipinski definition) is 1. The summed E-state index contributed by atoms with van der Waals surface area (Å²) in [6, 6.07) is 0. The van der Waals surface area contributed by atoms with Crippen LogP contribution in [0.5, 0.6) is 0 Å². The van der Waals surface area contributed by atoms with Gasteiger partial charge in [0.25, 0.3) is 0 Å². The Bertz CT molecular complexity index is 126. The summed E-state index contributed by atoms with van der Waals surface area (Å²) in [6.07, 6.45) is 8.48. The van der Waals surface area contributed by atoms with Crippen LogP contribution in [0.2, 0.25) is 5.21 Å². The van der Waals surface area contributed by atoms with E-state index in [1.54, 1.807) is 0 Å². The molecule has 0 saturated heterocycles. The molecule has 0 aromatic rings. The fraction of sp³-hybridized carbons (Fsp3) is 0.800. The molecule has 3 heteroatoms. The van der Waals surface area contributed by atoms with Gasteiger partial charge in [0.1, 0.15) is 0 Å². The molecule has 0 amide bonds. The zero-order chi connectivity index (χ0) is 9.94. The summed E-state index contributed by atoms with van der Waals surface area (Å²) in [5, 5.41) is 9.40. The first kappa shape index (κ1) is 13.0. The summed E-state index contributed by atoms with van der Waals surface area (Å²) in [5.74, 6) is 0. The molecule has 0 rings (SSSR count). The molecule has 0 aromatic carbocycles. The molecular formula is C10H20AsO2. The third-order valence-electron chi connectivity index (χ3n) is 1.95. The van der Waals surface area contributed by atoms with E-state index < -0.39 is 20.5 Å². The van der Waals surface area contributed by atoms with E-state index in [1.807, 2.05) is 0 Å². The maximum absolute atomic E-state index is 10.2. The second-order valence-corrected chi connectivity index (χ2v) is 5.90. The second-order valence-electron chi connectivity index (χ2n) is 3.21. The van der Waals surface area contributed by atoms with Crippen LogP contribution in [0.1, 0.15) is 44.9 Å². The van der Waals surface area contributed by atoms with Gasteiger partial charge in [-0.05, 0) is 0 Å². The molecule has 0 aliphatic carbocycles. The summed E-state index contributed by atoms with van der Waals surface area (Å²) in [6.45, 7) is 3.79. The molecule has 1 N–H and O–H groups in total. The molecule has 0 heterocycles. The standard InChI is InChI=1S/C10H20AsO2/c1-2-3-4-5-6-7-8-9-11-10(12)13/h11H,1-9H2,(H,12,13). The number of unbranched alkanes of at least 4 members (excludes halogenated alkanes) is 6. The third kappa shape index (κ3) is 12.0. The number of carboxylic acid groups (broad SMARTS) is 1. The first-order valence-electron chi connectivity index (χ1n) is 5.03. The molecular weight excluding hydrogens is 227 g/mol. The predicted molar refractivity (Wildman–Crippen MR) is 57.7 cm³/mol. The predicted octanol–water partition coefficient (Wildman–Crippen LogP) is 3.08. The summed E-state index contributed by atoms with van der Waals surface area (Å²) in [4.78, 5) is 10.2. The zero-order valence-corrected chi connectivity index (χ0v) is 10.3. The fourth-order valence-electron chi connectivity index (χ4n) is 1.20. The van der Waals surface area contributed by atoms with Gasteiger partial charge in [0, 0.05) is 0 Å². The minimum atomic E-state index is -0.679. The van der Waals surface area contributed by atoms with Crippen LogP contribution in [0.4, 0.5) is 4.79 Å². The van der Waals surface area contributed by atoms with Gasteiger partial charge in [0.2, 0.25) is 0 Å². The monoisotopic (exact) mass is 247 g/mol. The Hall–Kier alpha value is 0.0284. The minimum absolute atomic E-state index is 0.544. The van der Waals surface area contributed by atoms with Crippen molar-refractivity contribution in [3.63, 3.8) is 0 Å². The van der Waals surface area contributed by atoms with E-state index in [0.717, 1.165) is 18.1 Å². The molecule has 1 atom stereocenters. The molecule has 13 heavy (non-hydrogen) atoms. The van der Waals surface area contributed by atoms with Crippen molar-refractivity contribution >= 4 is 20.5 Å². The van der Waals surface area contributed by atoms with Crippen LogP contribution < -0.4 is 0 Å². The molecule has 0 aliphatic heterocycles. The van der Waals surface area contributed by atoms with Crippen LogP contribution in [0.3, 0.4) is 0 Å². The van der Waals surface area contributed by atoms with E-state index in [-0.39, 0.29) is 0 Å². The molecule has 77 valence electrons. The fourth-order valence-corrected chi connectivity index (χ4v) is 2.55. The van der Waals surface area contributed by atoms with Crippen LogP contribution in [-0.4, -0.2) is 25.6 Å². The van der Waals surface area contributed by atoms with Crippen LogP contribution in [-0.2, 0) is 0 Å². The average molecular weight is 247 g/mol. The molecule has 0 fully saturated rings. The molecule has 1 radical (unpaired) electrons. The molecule has 2 nitrogen and oxygen atoms in total. The Balaban J connectivity index is 2.87. The van der Waals surface area contributed by atoms with E-state index in [1.165, 1.54) is 32.1 Å². The topological polar surface area (TPSA) is 37.3 Å². The molecule has 0 bridgehead atoms. The normalized spacial score (nSPS) is 11.2. The SMILES string of the molecule is [CH2]CCCCCCCC[AsH]C(=O)O. The van der Waals surface area contributed by atoms with Crippen molar-refractivity contribution in [3.8, 4) is 0 Å². The van der Waals surface area contributed by atoms with Gasteiger partial charge in [-0.15, -0.1) is 0 Å². The van der Waals surface area contributed by atoms with E-state index in [0.29, 0.717) is 0 Å². The van der Waals surface area contributed by atoms with Gasteiger partial charge in [0.15, 0.2) is 0 Å². The van der Waals surface area contributed by atoms with E-state index in [9.17, 15) is 4.79 Å². The summed E-state index contributed by atoms with van der Waals surface area (Å²) in [7, 11) is 0. The second kappa shape index (κ2) is 10.1. The quantitative estimate of drug-likeness (QED) is 0.502. The van der Waals surface area contributed by atoms with Gasteiger partial charge in [-0.1, -0.05) is 0 Å². The Morgan fingerprint density at radius 1 is 1.08 bits per heavy atom. The van der Waals surface area contributed by atoms with Crippen LogP contribution >= 0.6 is 0 Å². The third-order valence-corrected chi connectivity index (χ3v) is 3.85. The van der Waals surface area contributed by atoms with Crippen molar-refractivity contribution in [3.05, 3.63) is 6.92 Å². The van der Waals surface area contributed by atoms with Crippen molar-refractivity contribution in [2.24, 2.45) is 0 Å². The zero-order valence-electron chi connectivity index (χ0n) is 8.22. The van der Waals surface area contributed by atoms with E-state index in [2.05, 4.69) is 6.92 Å². The van der Waals surface area contributed by atoms with Crippen LogP contribution in [0.25, 0.3) is 0 Å². The first-order valence-corrected chi connectivity index (χ1v) is 7.56. The molecule has 0 aliphatic rings. The van der Waals surface area contributed by atoms with E-state index in [4.69, 9.17) is 5.11 Å². The van der Waals surface area contributed by atoms with Crippen molar-refractivity contribution in [1.29, 1.82) is 0 Å². The van der Waals surface area contributed by atoms with Crippen LogP contribution in [0.15, 0.2) is 0 Å². The van der Waals surface area contributed by atoms with Gasteiger partial charge >= 0.3 is 87.5 Å². The summed E-state index contributed by atoms with van der Waals surface area (Å²) >= 11 is -0.679. The van der Waals surface area contributed by atoms with Crippen molar-refractivity contribution in [2.45, 2.75) is 50.2 Å². The van der Waals surface area contributed by atoms with E-state index >= 15 is 0 Å². The Morgan fingerprint density at radius 3 is 2.15 bits per heavy atom. The number of rotatable bonds is 9. The molecule has 1 unspecified atom stereocenters. The van der Waals surface area contributed by atoms with Gasteiger partial charge in [0.05, 0.1) is 0 Å².